The Labute approximate surface area is 134 Å². The second kappa shape index (κ2) is 6.50. The Morgan fingerprint density at radius 3 is 2.57 bits per heavy atom. The van der Waals surface area contributed by atoms with E-state index < -0.39 is 0 Å². The molecule has 0 saturated carbocycles. The van der Waals surface area contributed by atoms with Crippen molar-refractivity contribution in [3.8, 4) is 28.4 Å². The highest BCUT2D eigenvalue weighted by Crippen LogP contribution is 2.31. The van der Waals surface area contributed by atoms with Crippen molar-refractivity contribution in [2.45, 2.75) is 6.54 Å². The van der Waals surface area contributed by atoms with Crippen LogP contribution in [0.1, 0.15) is 5.69 Å². The molecule has 0 bridgehead atoms. The second-order valence-electron chi connectivity index (χ2n) is 4.92. The van der Waals surface area contributed by atoms with Gasteiger partial charge < -0.3 is 15.2 Å². The Morgan fingerprint density at radius 1 is 1.09 bits per heavy atom. The minimum absolute atomic E-state index is 0.369. The van der Waals surface area contributed by atoms with Gasteiger partial charge in [0.05, 0.1) is 31.3 Å². The zero-order valence-corrected chi connectivity index (χ0v) is 13.1. The van der Waals surface area contributed by atoms with Crippen LogP contribution in [0.3, 0.4) is 0 Å². The topological polar surface area (TPSA) is 75.2 Å². The smallest absolute Gasteiger partial charge is 0.162 e. The molecule has 6 heteroatoms. The van der Waals surface area contributed by atoms with Crippen molar-refractivity contribution in [3.63, 3.8) is 0 Å². The van der Waals surface area contributed by atoms with Crippen LogP contribution in [0.15, 0.2) is 48.8 Å². The zero-order valence-electron chi connectivity index (χ0n) is 13.1. The summed E-state index contributed by atoms with van der Waals surface area (Å²) in [6.45, 7) is 0.369. The molecule has 118 valence electrons. The monoisotopic (exact) mass is 310 g/mol. The maximum atomic E-state index is 5.75. The molecule has 0 aliphatic rings. The molecule has 0 amide bonds. The van der Waals surface area contributed by atoms with Crippen LogP contribution >= 0.6 is 0 Å². The van der Waals surface area contributed by atoms with E-state index >= 15 is 0 Å². The van der Waals surface area contributed by atoms with Gasteiger partial charge in [-0.25, -0.2) is 4.68 Å². The van der Waals surface area contributed by atoms with Gasteiger partial charge in [-0.3, -0.25) is 4.98 Å². The number of pyridine rings is 1. The van der Waals surface area contributed by atoms with E-state index in [0.717, 1.165) is 22.6 Å². The largest absolute Gasteiger partial charge is 0.493 e. The molecular formula is C17H18N4O2. The second-order valence-corrected chi connectivity index (χ2v) is 4.92. The SMILES string of the molecule is COc1ccc(-n2nc(CN)cc2-c2cccnc2)cc1OC. The van der Waals surface area contributed by atoms with E-state index in [0.29, 0.717) is 18.0 Å². The Bertz CT molecular complexity index is 800. The fourth-order valence-corrected chi connectivity index (χ4v) is 2.40. The number of benzene rings is 1. The Hall–Kier alpha value is -2.86. The van der Waals surface area contributed by atoms with Gasteiger partial charge in [0.2, 0.25) is 0 Å². The van der Waals surface area contributed by atoms with Crippen LogP contribution in [0.25, 0.3) is 16.9 Å². The van der Waals surface area contributed by atoms with Gasteiger partial charge in [0.1, 0.15) is 0 Å². The van der Waals surface area contributed by atoms with Crippen molar-refractivity contribution in [1.82, 2.24) is 14.8 Å². The summed E-state index contributed by atoms with van der Waals surface area (Å²) in [5.74, 6) is 1.32. The van der Waals surface area contributed by atoms with E-state index in [1.807, 2.05) is 41.1 Å². The number of nitrogens with two attached hydrogens (primary N) is 1. The zero-order chi connectivity index (χ0) is 16.2. The molecule has 6 nitrogen and oxygen atoms in total. The van der Waals surface area contributed by atoms with Crippen LogP contribution in [-0.2, 0) is 6.54 Å². The predicted octanol–water partition coefficient (Wildman–Crippen LogP) is 2.41. The first-order valence-electron chi connectivity index (χ1n) is 7.18. The Balaban J connectivity index is 2.14. The van der Waals surface area contributed by atoms with E-state index in [9.17, 15) is 0 Å². The normalized spacial score (nSPS) is 10.6. The molecule has 2 heterocycles. The van der Waals surface area contributed by atoms with E-state index in [-0.39, 0.29) is 0 Å². The minimum atomic E-state index is 0.369. The molecule has 23 heavy (non-hydrogen) atoms. The number of ether oxygens (including phenoxy) is 2. The summed E-state index contributed by atoms with van der Waals surface area (Å²) in [5, 5.41) is 4.57. The quantitative estimate of drug-likeness (QED) is 0.783. The average molecular weight is 310 g/mol. The molecule has 0 aliphatic carbocycles. The van der Waals surface area contributed by atoms with Crippen molar-refractivity contribution in [2.75, 3.05) is 14.2 Å². The summed E-state index contributed by atoms with van der Waals surface area (Å²) >= 11 is 0. The summed E-state index contributed by atoms with van der Waals surface area (Å²) < 4.78 is 12.5. The predicted molar refractivity (Wildman–Crippen MR) is 87.8 cm³/mol. The summed E-state index contributed by atoms with van der Waals surface area (Å²) in [4.78, 5) is 4.17. The Kier molecular flexibility index (Phi) is 4.25. The van der Waals surface area contributed by atoms with Gasteiger partial charge in [-0.15, -0.1) is 0 Å². The molecule has 0 saturated heterocycles. The van der Waals surface area contributed by atoms with Crippen LogP contribution in [0.4, 0.5) is 0 Å². The number of aromatic nitrogens is 3. The van der Waals surface area contributed by atoms with Crippen molar-refractivity contribution >= 4 is 0 Å². The number of hydrogen-bond acceptors (Lipinski definition) is 5. The highest BCUT2D eigenvalue weighted by molar-refractivity contribution is 5.62. The Morgan fingerprint density at radius 2 is 1.91 bits per heavy atom. The van der Waals surface area contributed by atoms with Crippen molar-refractivity contribution in [1.29, 1.82) is 0 Å². The highest BCUT2D eigenvalue weighted by Gasteiger charge is 2.13. The minimum Gasteiger partial charge on any atom is -0.493 e. The van der Waals surface area contributed by atoms with Gasteiger partial charge in [-0.1, -0.05) is 0 Å². The molecule has 2 N–H and O–H groups in total. The average Bonchev–Trinajstić information content (AvgIpc) is 3.06. The third-order valence-corrected chi connectivity index (χ3v) is 3.54. The molecule has 0 radical (unpaired) electrons. The molecule has 0 aliphatic heterocycles. The third kappa shape index (κ3) is 2.89. The molecule has 3 rings (SSSR count). The molecule has 0 fully saturated rings. The lowest BCUT2D eigenvalue weighted by atomic mass is 10.2. The molecular weight excluding hydrogens is 292 g/mol. The van der Waals surface area contributed by atoms with Gasteiger partial charge in [-0.05, 0) is 30.3 Å². The lowest BCUT2D eigenvalue weighted by Crippen LogP contribution is -2.03. The standard InChI is InChI=1S/C17H18N4O2/c1-22-16-6-5-14(9-17(16)23-2)21-15(8-13(10-18)20-21)12-4-3-7-19-11-12/h3-9,11H,10,18H2,1-2H3. The summed E-state index contributed by atoms with van der Waals surface area (Å²) in [6.07, 6.45) is 3.54. The maximum Gasteiger partial charge on any atom is 0.162 e. The van der Waals surface area contributed by atoms with E-state index in [2.05, 4.69) is 10.1 Å². The fraction of sp³-hybridized carbons (Fsp3) is 0.176. The van der Waals surface area contributed by atoms with E-state index in [4.69, 9.17) is 15.2 Å². The van der Waals surface area contributed by atoms with Crippen LogP contribution in [0.2, 0.25) is 0 Å². The third-order valence-electron chi connectivity index (χ3n) is 3.54. The molecule has 0 atom stereocenters. The van der Waals surface area contributed by atoms with Crippen molar-refractivity contribution < 1.29 is 9.47 Å². The number of nitrogens with zero attached hydrogens (tertiary/aromatic N) is 3. The van der Waals surface area contributed by atoms with Crippen LogP contribution in [0, 0.1) is 0 Å². The van der Waals surface area contributed by atoms with E-state index in [1.165, 1.54) is 0 Å². The first-order valence-corrected chi connectivity index (χ1v) is 7.18. The van der Waals surface area contributed by atoms with Gasteiger partial charge in [0.25, 0.3) is 0 Å². The summed E-state index contributed by atoms with van der Waals surface area (Å²) in [5.41, 5.74) is 9.31. The molecule has 2 aromatic heterocycles. The highest BCUT2D eigenvalue weighted by atomic mass is 16.5. The molecule has 3 aromatic rings. The van der Waals surface area contributed by atoms with Crippen LogP contribution in [-0.4, -0.2) is 29.0 Å². The fourth-order valence-electron chi connectivity index (χ4n) is 2.40. The molecule has 1 aromatic carbocycles. The number of hydrogen-bond donors (Lipinski definition) is 1. The molecule has 0 unspecified atom stereocenters. The molecule has 0 spiro atoms. The van der Waals surface area contributed by atoms with Gasteiger partial charge in [0, 0.05) is 30.6 Å². The first-order chi connectivity index (χ1) is 11.3. The number of methoxy groups -OCH3 is 2. The van der Waals surface area contributed by atoms with Crippen molar-refractivity contribution in [3.05, 3.63) is 54.5 Å². The van der Waals surface area contributed by atoms with Crippen molar-refractivity contribution in [2.24, 2.45) is 5.73 Å². The maximum absolute atomic E-state index is 5.75. The lowest BCUT2D eigenvalue weighted by molar-refractivity contribution is 0.355. The summed E-state index contributed by atoms with van der Waals surface area (Å²) in [7, 11) is 3.22. The van der Waals surface area contributed by atoms with Gasteiger partial charge in [0.15, 0.2) is 11.5 Å². The summed E-state index contributed by atoms with van der Waals surface area (Å²) in [6, 6.07) is 11.5. The van der Waals surface area contributed by atoms with Gasteiger partial charge in [-0.2, -0.15) is 5.10 Å². The van der Waals surface area contributed by atoms with Crippen LogP contribution in [0.5, 0.6) is 11.5 Å². The lowest BCUT2D eigenvalue weighted by Gasteiger charge is -2.11. The van der Waals surface area contributed by atoms with E-state index in [1.54, 1.807) is 26.6 Å². The van der Waals surface area contributed by atoms with Crippen LogP contribution < -0.4 is 15.2 Å². The first kappa shape index (κ1) is 15.1. The van der Waals surface area contributed by atoms with Gasteiger partial charge >= 0.3 is 0 Å². The number of rotatable bonds is 5.